The number of aromatic nitrogens is 1. The predicted molar refractivity (Wildman–Crippen MR) is 115 cm³/mol. The number of carbonyl (C=O) groups excluding carboxylic acids is 1. The van der Waals surface area contributed by atoms with Gasteiger partial charge in [0.2, 0.25) is 5.91 Å². The molecule has 144 valence electrons. The topological polar surface area (TPSA) is 95.6 Å². The summed E-state index contributed by atoms with van der Waals surface area (Å²) >= 11 is 0. The highest BCUT2D eigenvalue weighted by molar-refractivity contribution is 14.0. The van der Waals surface area contributed by atoms with E-state index in [0.717, 1.165) is 55.7 Å². The zero-order valence-electron chi connectivity index (χ0n) is 15.3. The van der Waals surface area contributed by atoms with Gasteiger partial charge in [0.15, 0.2) is 5.96 Å². The van der Waals surface area contributed by atoms with Gasteiger partial charge in [-0.3, -0.25) is 9.79 Å². The van der Waals surface area contributed by atoms with Gasteiger partial charge in [-0.1, -0.05) is 6.07 Å². The quantitative estimate of drug-likeness (QED) is 0.331. The number of hydrogen-bond acceptors (Lipinski definition) is 4. The van der Waals surface area contributed by atoms with Crippen LogP contribution in [-0.2, 0) is 11.3 Å². The zero-order valence-corrected chi connectivity index (χ0v) is 17.6. The van der Waals surface area contributed by atoms with Crippen LogP contribution in [0.2, 0.25) is 0 Å². The van der Waals surface area contributed by atoms with Crippen molar-refractivity contribution >= 4 is 41.7 Å². The van der Waals surface area contributed by atoms with Crippen molar-refractivity contribution < 1.29 is 4.79 Å². The molecule has 0 atom stereocenters. The molecule has 8 heteroatoms. The monoisotopic (exact) mass is 472 g/mol. The predicted octanol–water partition coefficient (Wildman–Crippen LogP) is 1.48. The van der Waals surface area contributed by atoms with Crippen LogP contribution in [0.15, 0.2) is 23.3 Å². The maximum absolute atomic E-state index is 11.3. The molecule has 2 aliphatic rings. The molecule has 0 unspecified atom stereocenters. The third kappa shape index (κ3) is 5.72. The largest absolute Gasteiger partial charge is 0.369 e. The minimum atomic E-state index is -0.187. The number of pyridine rings is 1. The fourth-order valence-electron chi connectivity index (χ4n) is 3.19. The fourth-order valence-corrected chi connectivity index (χ4v) is 3.19. The molecule has 2 heterocycles. The van der Waals surface area contributed by atoms with Gasteiger partial charge >= 0.3 is 0 Å². The van der Waals surface area contributed by atoms with Crippen molar-refractivity contribution in [1.82, 2.24) is 15.6 Å². The fraction of sp³-hybridized carbons (Fsp3) is 0.611. The first kappa shape index (κ1) is 20.7. The average molecular weight is 472 g/mol. The molecular formula is C18H29IN6O. The Balaban J connectivity index is 0.00000243. The van der Waals surface area contributed by atoms with Gasteiger partial charge < -0.3 is 21.3 Å². The number of hydrogen-bond donors (Lipinski definition) is 3. The van der Waals surface area contributed by atoms with Gasteiger partial charge in [0.1, 0.15) is 5.82 Å². The van der Waals surface area contributed by atoms with E-state index in [4.69, 9.17) is 5.73 Å². The first-order chi connectivity index (χ1) is 12.2. The lowest BCUT2D eigenvalue weighted by atomic mass is 9.96. The van der Waals surface area contributed by atoms with E-state index in [2.05, 4.69) is 31.6 Å². The third-order valence-electron chi connectivity index (χ3n) is 4.99. The van der Waals surface area contributed by atoms with Gasteiger partial charge in [-0.25, -0.2) is 4.98 Å². The average Bonchev–Trinajstić information content (AvgIpc) is 3.47. The lowest BCUT2D eigenvalue weighted by Crippen LogP contribution is -2.40. The van der Waals surface area contributed by atoms with Crippen LogP contribution in [0.4, 0.5) is 5.82 Å². The number of rotatable bonds is 6. The maximum Gasteiger partial charge on any atom is 0.220 e. The Hall–Kier alpha value is -1.58. The molecule has 1 aliphatic heterocycles. The van der Waals surface area contributed by atoms with Crippen LogP contribution in [0.1, 0.15) is 31.2 Å². The number of amides is 1. The number of piperidine rings is 1. The van der Waals surface area contributed by atoms with E-state index in [9.17, 15) is 4.79 Å². The second kappa shape index (κ2) is 9.94. The highest BCUT2D eigenvalue weighted by Gasteiger charge is 2.25. The molecule has 1 aromatic heterocycles. The van der Waals surface area contributed by atoms with Crippen molar-refractivity contribution in [2.75, 3.05) is 31.6 Å². The Morgan fingerprint density at radius 3 is 2.65 bits per heavy atom. The van der Waals surface area contributed by atoms with Crippen LogP contribution in [0.25, 0.3) is 0 Å². The smallest absolute Gasteiger partial charge is 0.220 e. The van der Waals surface area contributed by atoms with Gasteiger partial charge in [0.25, 0.3) is 0 Å². The van der Waals surface area contributed by atoms with Gasteiger partial charge in [-0.05, 0) is 37.7 Å². The van der Waals surface area contributed by atoms with Gasteiger partial charge in [-0.15, -0.1) is 24.0 Å². The number of carbonyl (C=O) groups is 1. The number of nitrogens with one attached hydrogen (secondary N) is 2. The number of nitrogens with two attached hydrogens (primary N) is 1. The van der Waals surface area contributed by atoms with Crippen LogP contribution >= 0.6 is 24.0 Å². The second-order valence-corrected chi connectivity index (χ2v) is 6.90. The highest BCUT2D eigenvalue weighted by atomic mass is 127. The molecule has 1 aliphatic carbocycles. The zero-order chi connectivity index (χ0) is 17.6. The van der Waals surface area contributed by atoms with Crippen LogP contribution < -0.4 is 21.3 Å². The van der Waals surface area contributed by atoms with Crippen molar-refractivity contribution in [3.63, 3.8) is 0 Å². The molecule has 7 nitrogen and oxygen atoms in total. The summed E-state index contributed by atoms with van der Waals surface area (Å²) < 4.78 is 0. The third-order valence-corrected chi connectivity index (χ3v) is 4.99. The lowest BCUT2D eigenvalue weighted by Gasteiger charge is -2.32. The Labute approximate surface area is 172 Å². The normalized spacial score (nSPS) is 18.2. The highest BCUT2D eigenvalue weighted by Crippen LogP contribution is 2.27. The van der Waals surface area contributed by atoms with Crippen molar-refractivity contribution in [1.29, 1.82) is 0 Å². The summed E-state index contributed by atoms with van der Waals surface area (Å²) in [7, 11) is 1.79. The molecule has 26 heavy (non-hydrogen) atoms. The first-order valence-electron chi connectivity index (χ1n) is 9.10. The molecule has 1 saturated heterocycles. The van der Waals surface area contributed by atoms with E-state index in [1.54, 1.807) is 7.05 Å². The molecule has 2 fully saturated rings. The second-order valence-electron chi connectivity index (χ2n) is 6.90. The molecule has 4 N–H and O–H groups in total. The molecule has 0 spiro atoms. The Morgan fingerprint density at radius 2 is 2.04 bits per heavy atom. The van der Waals surface area contributed by atoms with Crippen molar-refractivity contribution in [3.05, 3.63) is 23.9 Å². The molecule has 0 radical (unpaired) electrons. The first-order valence-corrected chi connectivity index (χ1v) is 9.10. The number of halogens is 1. The summed E-state index contributed by atoms with van der Waals surface area (Å²) in [4.78, 5) is 22.4. The van der Waals surface area contributed by atoms with E-state index in [-0.39, 0.29) is 35.8 Å². The van der Waals surface area contributed by atoms with Crippen molar-refractivity contribution in [2.24, 2.45) is 22.6 Å². The number of aliphatic imine (C=N–C) groups is 1. The molecule has 1 aromatic rings. The van der Waals surface area contributed by atoms with Gasteiger partial charge in [-0.2, -0.15) is 0 Å². The van der Waals surface area contributed by atoms with E-state index < -0.39 is 0 Å². The molecule has 1 saturated carbocycles. The maximum atomic E-state index is 11.3. The van der Waals surface area contributed by atoms with E-state index >= 15 is 0 Å². The molecular weight excluding hydrogens is 443 g/mol. The van der Waals surface area contributed by atoms with E-state index in [1.165, 1.54) is 12.8 Å². The van der Waals surface area contributed by atoms with E-state index in [0.29, 0.717) is 6.54 Å². The van der Waals surface area contributed by atoms with Gasteiger partial charge in [0, 0.05) is 50.9 Å². The summed E-state index contributed by atoms with van der Waals surface area (Å²) in [6.07, 6.45) is 6.04. The number of guanidine groups is 1. The lowest BCUT2D eigenvalue weighted by molar-refractivity contribution is -0.122. The number of nitrogens with zero attached hydrogens (tertiary/aromatic N) is 3. The van der Waals surface area contributed by atoms with Gasteiger partial charge in [0.05, 0.1) is 0 Å². The number of primary amides is 1. The molecule has 0 bridgehead atoms. The van der Waals surface area contributed by atoms with Crippen LogP contribution in [0.5, 0.6) is 0 Å². The van der Waals surface area contributed by atoms with E-state index in [1.807, 2.05) is 12.3 Å². The molecule has 3 rings (SSSR count). The Morgan fingerprint density at radius 1 is 1.31 bits per heavy atom. The Bertz CT molecular complexity index is 626. The minimum absolute atomic E-state index is 0. The molecule has 0 aromatic carbocycles. The molecule has 1 amide bonds. The summed E-state index contributed by atoms with van der Waals surface area (Å²) in [5.74, 6) is 2.42. The van der Waals surface area contributed by atoms with Crippen LogP contribution in [0, 0.1) is 11.8 Å². The Kier molecular flexibility index (Phi) is 7.92. The minimum Gasteiger partial charge on any atom is -0.369 e. The van der Waals surface area contributed by atoms with Crippen molar-refractivity contribution in [2.45, 2.75) is 32.2 Å². The summed E-state index contributed by atoms with van der Waals surface area (Å²) in [6.45, 7) is 3.28. The summed E-state index contributed by atoms with van der Waals surface area (Å²) in [6, 6.07) is 4.04. The SMILES string of the molecule is CN=C(NCc1cccnc1N1CCC(C(N)=O)CC1)NCC1CC1.I. The summed E-state index contributed by atoms with van der Waals surface area (Å²) in [5, 5.41) is 6.75. The van der Waals surface area contributed by atoms with Crippen molar-refractivity contribution in [3.8, 4) is 0 Å². The van der Waals surface area contributed by atoms with Crippen LogP contribution in [-0.4, -0.2) is 43.5 Å². The number of anilines is 1. The standard InChI is InChI=1S/C18H28N6O.HI/c1-20-18(22-11-13-4-5-13)23-12-15-3-2-8-21-17(15)24-9-6-14(7-10-24)16(19)25;/h2-3,8,13-14H,4-7,9-12H2,1H3,(H2,19,25)(H2,20,22,23);1H. The van der Waals surface area contributed by atoms with Crippen LogP contribution in [0.3, 0.4) is 0 Å². The summed E-state index contributed by atoms with van der Waals surface area (Å²) in [5.41, 5.74) is 6.56.